The average molecular weight is 255 g/mol. The molecule has 0 aliphatic heterocycles. The minimum atomic E-state index is 0.234. The number of aryl methyl sites for hydroxylation is 1. The summed E-state index contributed by atoms with van der Waals surface area (Å²) < 4.78 is 0. The predicted octanol–water partition coefficient (Wildman–Crippen LogP) is 2.63. The maximum absolute atomic E-state index is 9.34. The van der Waals surface area contributed by atoms with Crippen LogP contribution in [0.4, 0.5) is 5.69 Å². The van der Waals surface area contributed by atoms with Crippen LogP contribution in [0.15, 0.2) is 53.5 Å². The van der Waals surface area contributed by atoms with Gasteiger partial charge in [-0.2, -0.15) is 0 Å². The smallest absolute Gasteiger partial charge is 0.193 e. The van der Waals surface area contributed by atoms with Crippen LogP contribution >= 0.6 is 0 Å². The molecule has 0 aromatic heterocycles. The number of benzene rings is 2. The molecule has 0 heterocycles. The fraction of sp³-hybridized carbons (Fsp3) is 0.133. The van der Waals surface area contributed by atoms with Crippen LogP contribution in [0.2, 0.25) is 0 Å². The number of guanidine groups is 1. The molecule has 2 aromatic carbocycles. The number of phenolic OH excluding ortho intramolecular Hbond substituents is 1. The first-order valence-electron chi connectivity index (χ1n) is 6.05. The summed E-state index contributed by atoms with van der Waals surface area (Å²) in [6.07, 6.45) is 0. The molecule has 0 aliphatic rings. The number of hydrogen-bond acceptors (Lipinski definition) is 2. The summed E-state index contributed by atoms with van der Waals surface area (Å²) >= 11 is 0. The lowest BCUT2D eigenvalue weighted by molar-refractivity contribution is 0.474. The molecule has 19 heavy (non-hydrogen) atoms. The fourth-order valence-corrected chi connectivity index (χ4v) is 1.66. The number of anilines is 1. The van der Waals surface area contributed by atoms with Gasteiger partial charge in [-0.25, -0.2) is 4.99 Å². The maximum Gasteiger partial charge on any atom is 0.193 e. The van der Waals surface area contributed by atoms with Crippen molar-refractivity contribution in [2.75, 3.05) is 5.32 Å². The lowest BCUT2D eigenvalue weighted by atomic mass is 10.2. The van der Waals surface area contributed by atoms with Gasteiger partial charge in [-0.15, -0.1) is 0 Å². The van der Waals surface area contributed by atoms with Crippen molar-refractivity contribution in [3.63, 3.8) is 0 Å². The van der Waals surface area contributed by atoms with E-state index in [-0.39, 0.29) is 5.75 Å². The van der Waals surface area contributed by atoms with Gasteiger partial charge < -0.3 is 16.2 Å². The molecule has 0 fully saturated rings. The first-order chi connectivity index (χ1) is 9.13. The van der Waals surface area contributed by atoms with Crippen LogP contribution in [0.5, 0.6) is 5.75 Å². The molecule has 4 N–H and O–H groups in total. The molecule has 0 aliphatic carbocycles. The van der Waals surface area contributed by atoms with Crippen LogP contribution in [-0.2, 0) is 6.54 Å². The zero-order valence-corrected chi connectivity index (χ0v) is 10.8. The SMILES string of the molecule is Cc1ccc(NC(N)=NCc2cccc(O)c2)cc1. The molecule has 4 heteroatoms. The molecule has 4 nitrogen and oxygen atoms in total. The second-order valence-electron chi connectivity index (χ2n) is 4.36. The molecular weight excluding hydrogens is 238 g/mol. The predicted molar refractivity (Wildman–Crippen MR) is 78.2 cm³/mol. The van der Waals surface area contributed by atoms with Crippen LogP contribution in [-0.4, -0.2) is 11.1 Å². The molecule has 0 amide bonds. The Morgan fingerprint density at radius 2 is 1.95 bits per heavy atom. The molecule has 0 spiro atoms. The zero-order valence-electron chi connectivity index (χ0n) is 10.8. The first kappa shape index (κ1) is 13.0. The highest BCUT2D eigenvalue weighted by Crippen LogP contribution is 2.12. The van der Waals surface area contributed by atoms with E-state index in [1.807, 2.05) is 37.3 Å². The van der Waals surface area contributed by atoms with Crippen LogP contribution in [0, 0.1) is 6.92 Å². The van der Waals surface area contributed by atoms with Crippen LogP contribution in [0.3, 0.4) is 0 Å². The molecule has 0 radical (unpaired) electrons. The van der Waals surface area contributed by atoms with Gasteiger partial charge in [0.05, 0.1) is 6.54 Å². The van der Waals surface area contributed by atoms with E-state index in [1.54, 1.807) is 18.2 Å². The summed E-state index contributed by atoms with van der Waals surface area (Å²) in [6, 6.07) is 14.9. The molecule has 98 valence electrons. The van der Waals surface area contributed by atoms with Gasteiger partial charge in [0.2, 0.25) is 0 Å². The third-order valence-corrected chi connectivity index (χ3v) is 2.67. The molecule has 0 atom stereocenters. The largest absolute Gasteiger partial charge is 0.508 e. The summed E-state index contributed by atoms with van der Waals surface area (Å²) in [6.45, 7) is 2.46. The topological polar surface area (TPSA) is 70.6 Å². The minimum absolute atomic E-state index is 0.234. The number of aliphatic imine (C=N–C) groups is 1. The Morgan fingerprint density at radius 1 is 1.21 bits per heavy atom. The van der Waals surface area contributed by atoms with Crippen molar-refractivity contribution in [1.82, 2.24) is 0 Å². The number of nitrogens with two attached hydrogens (primary N) is 1. The van der Waals surface area contributed by atoms with Crippen molar-refractivity contribution in [1.29, 1.82) is 0 Å². The normalized spacial score (nSPS) is 11.3. The van der Waals surface area contributed by atoms with E-state index in [0.29, 0.717) is 12.5 Å². The van der Waals surface area contributed by atoms with Crippen LogP contribution in [0.25, 0.3) is 0 Å². The first-order valence-corrected chi connectivity index (χ1v) is 6.05. The van der Waals surface area contributed by atoms with Gasteiger partial charge in [-0.1, -0.05) is 29.8 Å². The van der Waals surface area contributed by atoms with Gasteiger partial charge in [0, 0.05) is 5.69 Å². The Labute approximate surface area is 112 Å². The van der Waals surface area contributed by atoms with Gasteiger partial charge in [0.15, 0.2) is 5.96 Å². The van der Waals surface area contributed by atoms with E-state index in [9.17, 15) is 5.11 Å². The Balaban J connectivity index is 1.97. The quantitative estimate of drug-likeness (QED) is 0.583. The number of hydrogen-bond donors (Lipinski definition) is 3. The minimum Gasteiger partial charge on any atom is -0.508 e. The van der Waals surface area contributed by atoms with E-state index in [2.05, 4.69) is 10.3 Å². The van der Waals surface area contributed by atoms with Gasteiger partial charge >= 0.3 is 0 Å². The maximum atomic E-state index is 9.34. The summed E-state index contributed by atoms with van der Waals surface area (Å²) in [5.74, 6) is 0.588. The van der Waals surface area contributed by atoms with Crippen molar-refractivity contribution in [2.24, 2.45) is 10.7 Å². The number of nitrogens with one attached hydrogen (secondary N) is 1. The van der Waals surface area contributed by atoms with Crippen molar-refractivity contribution in [3.05, 3.63) is 59.7 Å². The highest BCUT2D eigenvalue weighted by atomic mass is 16.3. The highest BCUT2D eigenvalue weighted by Gasteiger charge is 1.96. The monoisotopic (exact) mass is 255 g/mol. The van der Waals surface area contributed by atoms with Gasteiger partial charge in [0.25, 0.3) is 0 Å². The van der Waals surface area contributed by atoms with E-state index in [4.69, 9.17) is 5.73 Å². The molecular formula is C15H17N3O. The third kappa shape index (κ3) is 4.03. The van der Waals surface area contributed by atoms with Gasteiger partial charge in [0.1, 0.15) is 5.75 Å². The zero-order chi connectivity index (χ0) is 13.7. The molecule has 0 bridgehead atoms. The van der Waals surface area contributed by atoms with Crippen molar-refractivity contribution >= 4 is 11.6 Å². The van der Waals surface area contributed by atoms with Gasteiger partial charge in [-0.05, 0) is 36.8 Å². The number of nitrogens with zero attached hydrogens (tertiary/aromatic N) is 1. The molecule has 2 rings (SSSR count). The Bertz CT molecular complexity index is 576. The number of aromatic hydroxyl groups is 1. The molecule has 0 saturated heterocycles. The fourth-order valence-electron chi connectivity index (χ4n) is 1.66. The lowest BCUT2D eigenvalue weighted by Gasteiger charge is -2.06. The van der Waals surface area contributed by atoms with E-state index >= 15 is 0 Å². The van der Waals surface area contributed by atoms with Crippen molar-refractivity contribution in [2.45, 2.75) is 13.5 Å². The van der Waals surface area contributed by atoms with Gasteiger partial charge in [-0.3, -0.25) is 0 Å². The summed E-state index contributed by atoms with van der Waals surface area (Å²) in [5.41, 5.74) is 8.82. The number of phenols is 1. The Kier molecular flexibility index (Phi) is 4.03. The van der Waals surface area contributed by atoms with Crippen LogP contribution in [0.1, 0.15) is 11.1 Å². The Hall–Kier alpha value is -2.49. The van der Waals surface area contributed by atoms with E-state index < -0.39 is 0 Å². The average Bonchev–Trinajstić information content (AvgIpc) is 2.39. The number of rotatable bonds is 3. The molecule has 0 saturated carbocycles. The highest BCUT2D eigenvalue weighted by molar-refractivity contribution is 5.92. The second-order valence-corrected chi connectivity index (χ2v) is 4.36. The summed E-state index contributed by atoms with van der Waals surface area (Å²) in [7, 11) is 0. The standard InChI is InChI=1S/C15H17N3O/c1-11-5-7-13(8-6-11)18-15(16)17-10-12-3-2-4-14(19)9-12/h2-9,19H,10H2,1H3,(H3,16,17,18). The lowest BCUT2D eigenvalue weighted by Crippen LogP contribution is -2.22. The van der Waals surface area contributed by atoms with Crippen molar-refractivity contribution < 1.29 is 5.11 Å². The molecule has 2 aromatic rings. The Morgan fingerprint density at radius 3 is 2.63 bits per heavy atom. The second kappa shape index (κ2) is 5.91. The van der Waals surface area contributed by atoms with Crippen molar-refractivity contribution in [3.8, 4) is 5.75 Å². The summed E-state index contributed by atoms with van der Waals surface area (Å²) in [4.78, 5) is 4.23. The van der Waals surface area contributed by atoms with E-state index in [1.165, 1.54) is 5.56 Å². The molecule has 0 unspecified atom stereocenters. The summed E-state index contributed by atoms with van der Waals surface area (Å²) in [5, 5.41) is 12.4. The third-order valence-electron chi connectivity index (χ3n) is 2.67. The van der Waals surface area contributed by atoms with Crippen LogP contribution < -0.4 is 11.1 Å². The van der Waals surface area contributed by atoms with E-state index in [0.717, 1.165) is 11.3 Å².